The lowest BCUT2D eigenvalue weighted by Crippen LogP contribution is -2.10. The van der Waals surface area contributed by atoms with Gasteiger partial charge in [0.15, 0.2) is 0 Å². The van der Waals surface area contributed by atoms with Crippen molar-refractivity contribution in [3.8, 4) is 0 Å². The number of pyridine rings is 1. The Labute approximate surface area is 106 Å². The Bertz CT molecular complexity index is 697. The van der Waals surface area contributed by atoms with Crippen LogP contribution in [0, 0.1) is 5.92 Å². The molecule has 3 nitrogen and oxygen atoms in total. The van der Waals surface area contributed by atoms with Gasteiger partial charge in [0, 0.05) is 11.4 Å². The predicted octanol–water partition coefficient (Wildman–Crippen LogP) is 3.80. The van der Waals surface area contributed by atoms with Crippen LogP contribution in [0.3, 0.4) is 0 Å². The van der Waals surface area contributed by atoms with Crippen LogP contribution in [-0.4, -0.2) is 14.5 Å². The van der Waals surface area contributed by atoms with Gasteiger partial charge in [0.2, 0.25) is 0 Å². The smallest absolute Gasteiger partial charge is 0.107 e. The zero-order valence-electron chi connectivity index (χ0n) is 11.0. The van der Waals surface area contributed by atoms with Gasteiger partial charge in [-0.05, 0) is 18.9 Å². The molecule has 2 heterocycles. The molecule has 2 aromatic heterocycles. The zero-order valence-corrected chi connectivity index (χ0v) is 11.0. The van der Waals surface area contributed by atoms with Crippen LogP contribution in [0.2, 0.25) is 0 Å². The van der Waals surface area contributed by atoms with E-state index in [4.69, 9.17) is 0 Å². The van der Waals surface area contributed by atoms with Gasteiger partial charge in [-0.3, -0.25) is 4.98 Å². The Morgan fingerprint density at radius 2 is 1.78 bits per heavy atom. The normalized spacial score (nSPS) is 13.6. The molecule has 0 fully saturated rings. The number of aromatic nitrogens is 3. The van der Waals surface area contributed by atoms with E-state index in [0.717, 1.165) is 11.0 Å². The fourth-order valence-corrected chi connectivity index (χ4v) is 2.29. The van der Waals surface area contributed by atoms with Crippen LogP contribution in [-0.2, 0) is 0 Å². The van der Waals surface area contributed by atoms with Crippen molar-refractivity contribution >= 4 is 21.9 Å². The number of fused-ring (bicyclic) bond motifs is 3. The van der Waals surface area contributed by atoms with Crippen LogP contribution in [0.15, 0.2) is 36.8 Å². The molecule has 0 amide bonds. The van der Waals surface area contributed by atoms with Crippen molar-refractivity contribution in [2.75, 3.05) is 0 Å². The molecule has 0 aliphatic carbocycles. The quantitative estimate of drug-likeness (QED) is 0.681. The van der Waals surface area contributed by atoms with E-state index in [1.165, 1.54) is 10.9 Å². The molecule has 0 spiro atoms. The molecule has 0 saturated carbocycles. The van der Waals surface area contributed by atoms with Gasteiger partial charge in [0.1, 0.15) is 5.52 Å². The molecule has 0 saturated heterocycles. The average molecular weight is 239 g/mol. The largest absolute Gasteiger partial charge is 0.327 e. The number of para-hydroxylation sites is 1. The van der Waals surface area contributed by atoms with E-state index in [0.29, 0.717) is 12.0 Å². The van der Waals surface area contributed by atoms with Crippen molar-refractivity contribution in [1.29, 1.82) is 0 Å². The van der Waals surface area contributed by atoms with E-state index in [1.54, 1.807) is 0 Å². The Hall–Kier alpha value is -1.90. The number of benzene rings is 1. The van der Waals surface area contributed by atoms with Crippen LogP contribution in [0.1, 0.15) is 26.8 Å². The van der Waals surface area contributed by atoms with Gasteiger partial charge in [-0.25, -0.2) is 4.98 Å². The number of hydrogen-bond donors (Lipinski definition) is 0. The minimum Gasteiger partial charge on any atom is -0.327 e. The highest BCUT2D eigenvalue weighted by Gasteiger charge is 2.14. The van der Waals surface area contributed by atoms with E-state index in [-0.39, 0.29) is 0 Å². The molecule has 18 heavy (non-hydrogen) atoms. The molecule has 3 aromatic rings. The fraction of sp³-hybridized carbons (Fsp3) is 0.333. The van der Waals surface area contributed by atoms with Gasteiger partial charge in [-0.15, -0.1) is 0 Å². The van der Waals surface area contributed by atoms with Crippen LogP contribution >= 0.6 is 0 Å². The Morgan fingerprint density at radius 3 is 2.56 bits per heavy atom. The summed E-state index contributed by atoms with van der Waals surface area (Å²) in [5, 5.41) is 1.18. The number of imidazole rings is 1. The summed E-state index contributed by atoms with van der Waals surface area (Å²) in [6.07, 6.45) is 3.80. The molecular weight excluding hydrogens is 222 g/mol. The second-order valence-electron chi connectivity index (χ2n) is 5.15. The lowest BCUT2D eigenvalue weighted by atomic mass is 10.1. The summed E-state index contributed by atoms with van der Waals surface area (Å²) >= 11 is 0. The van der Waals surface area contributed by atoms with Gasteiger partial charge in [-0.2, -0.15) is 0 Å². The first-order valence-corrected chi connectivity index (χ1v) is 6.39. The molecule has 92 valence electrons. The van der Waals surface area contributed by atoms with E-state index >= 15 is 0 Å². The Kier molecular flexibility index (Phi) is 2.54. The minimum atomic E-state index is 0.431. The Morgan fingerprint density at radius 1 is 1.00 bits per heavy atom. The lowest BCUT2D eigenvalue weighted by molar-refractivity contribution is 0.417. The maximum Gasteiger partial charge on any atom is 0.107 e. The maximum atomic E-state index is 4.47. The van der Waals surface area contributed by atoms with E-state index in [2.05, 4.69) is 47.4 Å². The molecule has 1 aromatic carbocycles. The summed E-state index contributed by atoms with van der Waals surface area (Å²) in [6, 6.07) is 8.68. The zero-order chi connectivity index (χ0) is 12.7. The monoisotopic (exact) mass is 239 g/mol. The topological polar surface area (TPSA) is 30.7 Å². The molecule has 0 radical (unpaired) electrons. The molecule has 3 heteroatoms. The SMILES string of the molecule is CC(C)C(C)n1cnc2cnc3ccccc3c21. The highest BCUT2D eigenvalue weighted by atomic mass is 15.1. The first kappa shape index (κ1) is 11.2. The van der Waals surface area contributed by atoms with E-state index in [9.17, 15) is 0 Å². The third-order valence-corrected chi connectivity index (χ3v) is 3.71. The van der Waals surface area contributed by atoms with E-state index < -0.39 is 0 Å². The molecule has 0 aliphatic heterocycles. The minimum absolute atomic E-state index is 0.431. The summed E-state index contributed by atoms with van der Waals surface area (Å²) in [7, 11) is 0. The Balaban J connectivity index is 2.37. The molecule has 0 N–H and O–H groups in total. The second-order valence-corrected chi connectivity index (χ2v) is 5.15. The molecule has 1 unspecified atom stereocenters. The summed E-state index contributed by atoms with van der Waals surface area (Å²) in [6.45, 7) is 6.71. The average Bonchev–Trinajstić information content (AvgIpc) is 2.81. The van der Waals surface area contributed by atoms with Crippen molar-refractivity contribution in [2.24, 2.45) is 5.92 Å². The van der Waals surface area contributed by atoms with Crippen molar-refractivity contribution in [1.82, 2.24) is 14.5 Å². The standard InChI is InChI=1S/C15H17N3/c1-10(2)11(3)18-9-17-14-8-16-13-7-5-4-6-12(13)15(14)18/h4-11H,1-3H3. The van der Waals surface area contributed by atoms with Crippen LogP contribution in [0.25, 0.3) is 21.9 Å². The number of hydrogen-bond acceptors (Lipinski definition) is 2. The lowest BCUT2D eigenvalue weighted by Gasteiger charge is -2.18. The number of rotatable bonds is 2. The highest BCUT2D eigenvalue weighted by molar-refractivity contribution is 6.01. The van der Waals surface area contributed by atoms with Crippen molar-refractivity contribution in [2.45, 2.75) is 26.8 Å². The predicted molar refractivity (Wildman–Crippen MR) is 74.6 cm³/mol. The maximum absolute atomic E-state index is 4.47. The molecule has 0 bridgehead atoms. The van der Waals surface area contributed by atoms with Gasteiger partial charge in [0.05, 0.1) is 23.6 Å². The highest BCUT2D eigenvalue weighted by Crippen LogP contribution is 2.27. The van der Waals surface area contributed by atoms with Gasteiger partial charge >= 0.3 is 0 Å². The number of nitrogens with zero attached hydrogens (tertiary/aromatic N) is 3. The first-order valence-electron chi connectivity index (χ1n) is 6.39. The molecule has 0 aliphatic rings. The first-order chi connectivity index (χ1) is 8.68. The molecular formula is C15H17N3. The van der Waals surface area contributed by atoms with Crippen molar-refractivity contribution in [3.05, 3.63) is 36.8 Å². The van der Waals surface area contributed by atoms with Gasteiger partial charge in [0.25, 0.3) is 0 Å². The van der Waals surface area contributed by atoms with E-state index in [1.807, 2.05) is 24.7 Å². The van der Waals surface area contributed by atoms with Crippen LogP contribution < -0.4 is 0 Å². The van der Waals surface area contributed by atoms with Gasteiger partial charge < -0.3 is 4.57 Å². The summed E-state index contributed by atoms with van der Waals surface area (Å²) < 4.78 is 2.27. The summed E-state index contributed by atoms with van der Waals surface area (Å²) in [5.74, 6) is 0.578. The third kappa shape index (κ3) is 1.58. The summed E-state index contributed by atoms with van der Waals surface area (Å²) in [4.78, 5) is 8.92. The van der Waals surface area contributed by atoms with Crippen molar-refractivity contribution in [3.63, 3.8) is 0 Å². The van der Waals surface area contributed by atoms with Crippen molar-refractivity contribution < 1.29 is 0 Å². The molecule has 3 rings (SSSR count). The third-order valence-electron chi connectivity index (χ3n) is 3.71. The van der Waals surface area contributed by atoms with Gasteiger partial charge in [-0.1, -0.05) is 32.0 Å². The second kappa shape index (κ2) is 4.09. The fourth-order valence-electron chi connectivity index (χ4n) is 2.29. The molecule has 1 atom stereocenters. The summed E-state index contributed by atoms with van der Waals surface area (Å²) in [5.41, 5.74) is 3.20. The van der Waals surface area contributed by atoms with Crippen LogP contribution in [0.4, 0.5) is 0 Å². The van der Waals surface area contributed by atoms with Crippen LogP contribution in [0.5, 0.6) is 0 Å².